The standard InChI is InChI=1S/C32H27N3O4S/c36-25-15-17-34-30(31(25)39-19-22-9-2-1-3-10-22)32(37)33-16-6-7-18-38-26-13-8-11-23-20-40-27-14-5-4-12-24(27)29(28(23)26)35(34)21-33/h1-15,17,29H,16,18-21H2/b7-6+/t29-/m0/s1. The Morgan fingerprint density at radius 2 is 1.77 bits per heavy atom. The minimum atomic E-state index is -0.321. The molecular weight excluding hydrogens is 522 g/mol. The number of pyridine rings is 1. The molecule has 3 aliphatic rings. The summed E-state index contributed by atoms with van der Waals surface area (Å²) in [6.45, 7) is 1.29. The molecule has 3 aliphatic heterocycles. The van der Waals surface area contributed by atoms with E-state index < -0.39 is 0 Å². The first-order chi connectivity index (χ1) is 19.7. The number of rotatable bonds is 3. The third-order valence-corrected chi connectivity index (χ3v) is 8.63. The molecule has 1 aromatic heterocycles. The Balaban J connectivity index is 1.45. The van der Waals surface area contributed by atoms with Gasteiger partial charge in [-0.05, 0) is 34.9 Å². The molecule has 4 heterocycles. The molecule has 200 valence electrons. The lowest BCUT2D eigenvalue weighted by Gasteiger charge is -2.44. The molecule has 1 amide bonds. The molecule has 3 aromatic carbocycles. The van der Waals surface area contributed by atoms with Gasteiger partial charge in [0.05, 0.1) is 0 Å². The summed E-state index contributed by atoms with van der Waals surface area (Å²) in [5, 5.41) is 2.15. The van der Waals surface area contributed by atoms with Crippen LogP contribution in [0.1, 0.15) is 38.8 Å². The van der Waals surface area contributed by atoms with E-state index in [2.05, 4.69) is 29.3 Å². The van der Waals surface area contributed by atoms with Crippen LogP contribution in [0.2, 0.25) is 0 Å². The Kier molecular flexibility index (Phi) is 6.32. The number of ether oxygens (including phenoxy) is 2. The van der Waals surface area contributed by atoms with Crippen LogP contribution in [0, 0.1) is 0 Å². The van der Waals surface area contributed by atoms with Crippen molar-refractivity contribution >= 4 is 17.7 Å². The second kappa shape index (κ2) is 10.3. The highest BCUT2D eigenvalue weighted by Gasteiger charge is 2.40. The SMILES string of the molecule is O=C1c2c(OCc3ccccc3)c(=O)ccn2N2CN1C/C=C/COc1cccc3c1[C@@H]2c1ccccc1SC3. The Morgan fingerprint density at radius 1 is 0.925 bits per heavy atom. The van der Waals surface area contributed by atoms with Crippen LogP contribution in [0.15, 0.2) is 107 Å². The summed E-state index contributed by atoms with van der Waals surface area (Å²) in [4.78, 5) is 30.1. The van der Waals surface area contributed by atoms with E-state index in [9.17, 15) is 9.59 Å². The fraction of sp³-hybridized carbons (Fsp3) is 0.188. The third-order valence-electron chi connectivity index (χ3n) is 7.50. The number of hydrogen-bond acceptors (Lipinski definition) is 6. The second-order valence-corrected chi connectivity index (χ2v) is 10.9. The topological polar surface area (TPSA) is 64.0 Å². The van der Waals surface area contributed by atoms with Gasteiger partial charge < -0.3 is 14.4 Å². The minimum Gasteiger partial charge on any atom is -0.489 e. The third kappa shape index (κ3) is 4.25. The van der Waals surface area contributed by atoms with Gasteiger partial charge >= 0.3 is 0 Å². The van der Waals surface area contributed by atoms with Crippen molar-refractivity contribution in [2.75, 3.05) is 24.8 Å². The van der Waals surface area contributed by atoms with Crippen molar-refractivity contribution in [3.8, 4) is 11.5 Å². The number of carbonyl (C=O) groups excluding carboxylic acids is 1. The van der Waals surface area contributed by atoms with Crippen LogP contribution in [-0.4, -0.2) is 35.3 Å². The first kappa shape index (κ1) is 24.6. The highest BCUT2D eigenvalue weighted by molar-refractivity contribution is 7.98. The number of carbonyl (C=O) groups is 1. The Bertz CT molecular complexity index is 1680. The number of benzene rings is 3. The van der Waals surface area contributed by atoms with Crippen LogP contribution in [-0.2, 0) is 12.4 Å². The molecule has 0 N–H and O–H groups in total. The van der Waals surface area contributed by atoms with E-state index in [0.29, 0.717) is 19.8 Å². The Labute approximate surface area is 236 Å². The average molecular weight is 550 g/mol. The minimum absolute atomic E-state index is 0.0611. The molecule has 40 heavy (non-hydrogen) atoms. The molecule has 0 saturated heterocycles. The number of nitrogens with zero attached hydrogens (tertiary/aromatic N) is 3. The highest BCUT2D eigenvalue weighted by atomic mass is 32.2. The quantitative estimate of drug-likeness (QED) is 0.331. The van der Waals surface area contributed by atoms with Crippen molar-refractivity contribution in [1.29, 1.82) is 0 Å². The lowest BCUT2D eigenvalue weighted by molar-refractivity contribution is 0.0698. The number of hydrogen-bond donors (Lipinski definition) is 0. The molecule has 0 radical (unpaired) electrons. The molecule has 4 aromatic rings. The maximum absolute atomic E-state index is 14.0. The number of aromatic nitrogens is 1. The number of fused-ring (bicyclic) bond motifs is 7. The lowest BCUT2D eigenvalue weighted by Crippen LogP contribution is -2.55. The van der Waals surface area contributed by atoms with Crippen LogP contribution in [0.5, 0.6) is 11.5 Å². The van der Waals surface area contributed by atoms with Gasteiger partial charge in [0, 0.05) is 35.0 Å². The zero-order valence-corrected chi connectivity index (χ0v) is 22.5. The summed E-state index contributed by atoms with van der Waals surface area (Å²) in [6, 6.07) is 25.5. The van der Waals surface area contributed by atoms with E-state index in [1.54, 1.807) is 22.9 Å². The number of amides is 1. The zero-order chi connectivity index (χ0) is 27.1. The monoisotopic (exact) mass is 549 g/mol. The van der Waals surface area contributed by atoms with Gasteiger partial charge in [-0.1, -0.05) is 66.7 Å². The van der Waals surface area contributed by atoms with Gasteiger partial charge in [-0.25, -0.2) is 0 Å². The lowest BCUT2D eigenvalue weighted by atomic mass is 9.93. The van der Waals surface area contributed by atoms with Gasteiger partial charge in [-0.15, -0.1) is 11.8 Å². The molecule has 7 rings (SSSR count). The molecule has 2 bridgehead atoms. The maximum Gasteiger partial charge on any atom is 0.278 e. The summed E-state index contributed by atoms with van der Waals surface area (Å²) >= 11 is 1.80. The molecule has 1 atom stereocenters. The molecule has 7 nitrogen and oxygen atoms in total. The predicted octanol–water partition coefficient (Wildman–Crippen LogP) is 5.12. The summed E-state index contributed by atoms with van der Waals surface area (Å²) in [5.74, 6) is 1.44. The van der Waals surface area contributed by atoms with Crippen molar-refractivity contribution < 1.29 is 14.3 Å². The average Bonchev–Trinajstić information content (AvgIpc) is 3.17. The highest BCUT2D eigenvalue weighted by Crippen LogP contribution is 2.46. The largest absolute Gasteiger partial charge is 0.489 e. The molecular formula is C32H27N3O4S. The van der Waals surface area contributed by atoms with E-state index in [1.165, 1.54) is 16.5 Å². The molecule has 0 saturated carbocycles. The van der Waals surface area contributed by atoms with Crippen LogP contribution in [0.4, 0.5) is 0 Å². The van der Waals surface area contributed by atoms with Crippen LogP contribution < -0.4 is 19.9 Å². The maximum atomic E-state index is 14.0. The van der Waals surface area contributed by atoms with Gasteiger partial charge in [0.25, 0.3) is 5.91 Å². The Hall–Kier alpha value is -4.43. The molecule has 0 fully saturated rings. The molecule has 0 unspecified atom stereocenters. The molecule has 8 heteroatoms. The molecule has 0 spiro atoms. The van der Waals surface area contributed by atoms with E-state index in [4.69, 9.17) is 9.47 Å². The van der Waals surface area contributed by atoms with Gasteiger partial charge in [0.15, 0.2) is 11.4 Å². The smallest absolute Gasteiger partial charge is 0.278 e. The first-order valence-corrected chi connectivity index (χ1v) is 14.3. The number of thioether (sulfide) groups is 1. The predicted molar refractivity (Wildman–Crippen MR) is 155 cm³/mol. The van der Waals surface area contributed by atoms with Crippen molar-refractivity contribution in [2.45, 2.75) is 23.3 Å². The molecule has 0 aliphatic carbocycles. The second-order valence-electron chi connectivity index (χ2n) is 9.93. The van der Waals surface area contributed by atoms with Gasteiger partial charge in [0.2, 0.25) is 5.43 Å². The Morgan fingerprint density at radius 3 is 2.67 bits per heavy atom. The van der Waals surface area contributed by atoms with Crippen LogP contribution in [0.25, 0.3) is 0 Å². The van der Waals surface area contributed by atoms with Crippen molar-refractivity contribution in [3.05, 3.63) is 135 Å². The van der Waals surface area contributed by atoms with E-state index in [-0.39, 0.29) is 35.4 Å². The summed E-state index contributed by atoms with van der Waals surface area (Å²) in [7, 11) is 0. The fourth-order valence-electron chi connectivity index (χ4n) is 5.61. The summed E-state index contributed by atoms with van der Waals surface area (Å²) in [6.07, 6.45) is 5.58. The summed E-state index contributed by atoms with van der Waals surface area (Å²) in [5.41, 5.74) is 4.20. The van der Waals surface area contributed by atoms with E-state index in [1.807, 2.05) is 65.4 Å². The van der Waals surface area contributed by atoms with Crippen molar-refractivity contribution in [2.24, 2.45) is 0 Å². The van der Waals surface area contributed by atoms with E-state index >= 15 is 0 Å². The van der Waals surface area contributed by atoms with Crippen LogP contribution in [0.3, 0.4) is 0 Å². The van der Waals surface area contributed by atoms with E-state index in [0.717, 1.165) is 28.2 Å². The summed E-state index contributed by atoms with van der Waals surface area (Å²) < 4.78 is 14.3. The van der Waals surface area contributed by atoms with Gasteiger partial charge in [-0.3, -0.25) is 19.3 Å². The van der Waals surface area contributed by atoms with Gasteiger partial charge in [0.1, 0.15) is 31.7 Å². The van der Waals surface area contributed by atoms with Crippen molar-refractivity contribution in [3.63, 3.8) is 0 Å². The zero-order valence-electron chi connectivity index (χ0n) is 21.7. The normalized spacial score (nSPS) is 18.3. The fourth-order valence-corrected chi connectivity index (χ4v) is 6.69. The van der Waals surface area contributed by atoms with Crippen LogP contribution >= 0.6 is 11.8 Å². The van der Waals surface area contributed by atoms with Gasteiger partial charge in [-0.2, -0.15) is 0 Å². The first-order valence-electron chi connectivity index (χ1n) is 13.3. The van der Waals surface area contributed by atoms with Crippen molar-refractivity contribution in [1.82, 2.24) is 9.58 Å².